The second kappa shape index (κ2) is 4.09. The molecule has 0 aliphatic carbocycles. The van der Waals surface area contributed by atoms with Gasteiger partial charge in [0.15, 0.2) is 0 Å². The third-order valence-electron chi connectivity index (χ3n) is 2.18. The summed E-state index contributed by atoms with van der Waals surface area (Å²) in [4.78, 5) is 0. The van der Waals surface area contributed by atoms with Crippen LogP contribution in [0.5, 0.6) is 0 Å². The minimum atomic E-state index is -0.596. The van der Waals surface area contributed by atoms with Crippen LogP contribution in [0.4, 0.5) is 0 Å². The Morgan fingerprint density at radius 3 is 2.53 bits per heavy atom. The van der Waals surface area contributed by atoms with Crippen molar-refractivity contribution in [1.82, 2.24) is 0 Å². The van der Waals surface area contributed by atoms with Gasteiger partial charge < -0.3 is 9.52 Å². The normalized spacial score (nSPS) is 12.7. The number of furan rings is 1. The fourth-order valence-electron chi connectivity index (χ4n) is 1.38. The molecule has 0 aliphatic heterocycles. The van der Waals surface area contributed by atoms with Crippen molar-refractivity contribution in [2.24, 2.45) is 0 Å². The van der Waals surface area contributed by atoms with E-state index >= 15 is 0 Å². The van der Waals surface area contributed by atoms with Gasteiger partial charge in [0, 0.05) is 5.56 Å². The highest BCUT2D eigenvalue weighted by Crippen LogP contribution is 2.30. The van der Waals surface area contributed by atoms with Gasteiger partial charge in [0.1, 0.15) is 17.6 Å². The van der Waals surface area contributed by atoms with Crippen molar-refractivity contribution in [2.75, 3.05) is 0 Å². The van der Waals surface area contributed by atoms with Crippen LogP contribution in [0.15, 0.2) is 40.8 Å². The monoisotopic (exact) mass is 222 g/mol. The summed E-state index contributed by atoms with van der Waals surface area (Å²) in [5, 5.41) is 9.97. The highest BCUT2D eigenvalue weighted by Gasteiger charge is 2.10. The van der Waals surface area contributed by atoms with Gasteiger partial charge in [-0.3, -0.25) is 0 Å². The molecule has 0 amide bonds. The maximum atomic E-state index is 9.33. The van der Waals surface area contributed by atoms with Crippen LogP contribution in [0.1, 0.15) is 18.8 Å². The molecular formula is C12H11ClO2. The van der Waals surface area contributed by atoms with E-state index in [1.165, 1.54) is 0 Å². The Bertz CT molecular complexity index is 460. The van der Waals surface area contributed by atoms with Crippen LogP contribution < -0.4 is 0 Å². The van der Waals surface area contributed by atoms with E-state index in [-0.39, 0.29) is 0 Å². The van der Waals surface area contributed by atoms with Crippen molar-refractivity contribution in [3.63, 3.8) is 0 Å². The zero-order valence-corrected chi connectivity index (χ0v) is 9.03. The molecule has 0 bridgehead atoms. The number of halogens is 1. The number of aliphatic hydroxyl groups is 1. The van der Waals surface area contributed by atoms with Gasteiger partial charge in [0.25, 0.3) is 0 Å². The fraction of sp³-hybridized carbons (Fsp3) is 0.167. The standard InChI is InChI=1S/C12H11ClO2/c1-8(14)11-6-7-12(15-11)9-4-2-3-5-10(9)13/h2-8,14H,1H3/t8-/m1/s1. The molecule has 1 aromatic heterocycles. The van der Waals surface area contributed by atoms with Crippen LogP contribution in [-0.2, 0) is 0 Å². The third kappa shape index (κ3) is 2.06. The van der Waals surface area contributed by atoms with Crippen LogP contribution in [0.25, 0.3) is 11.3 Å². The average molecular weight is 223 g/mol. The molecule has 1 heterocycles. The summed E-state index contributed by atoms with van der Waals surface area (Å²) in [7, 11) is 0. The van der Waals surface area contributed by atoms with Crippen molar-refractivity contribution >= 4 is 11.6 Å². The SMILES string of the molecule is C[C@@H](O)c1ccc(-c2ccccc2Cl)o1. The lowest BCUT2D eigenvalue weighted by Gasteiger charge is -2.01. The van der Waals surface area contributed by atoms with Crippen LogP contribution in [0.2, 0.25) is 5.02 Å². The molecule has 0 fully saturated rings. The second-order valence-corrected chi connectivity index (χ2v) is 3.77. The van der Waals surface area contributed by atoms with Crippen LogP contribution in [0, 0.1) is 0 Å². The van der Waals surface area contributed by atoms with Crippen molar-refractivity contribution < 1.29 is 9.52 Å². The molecule has 0 saturated carbocycles. The van der Waals surface area contributed by atoms with Gasteiger partial charge in [0.2, 0.25) is 0 Å². The molecule has 1 N–H and O–H groups in total. The molecule has 2 aromatic rings. The first-order valence-corrected chi connectivity index (χ1v) is 5.09. The molecule has 1 aromatic carbocycles. The Balaban J connectivity index is 2.42. The van der Waals surface area contributed by atoms with E-state index in [2.05, 4.69) is 0 Å². The van der Waals surface area contributed by atoms with Crippen LogP contribution in [-0.4, -0.2) is 5.11 Å². The zero-order chi connectivity index (χ0) is 10.8. The van der Waals surface area contributed by atoms with Crippen LogP contribution >= 0.6 is 11.6 Å². The predicted molar refractivity (Wildman–Crippen MR) is 59.8 cm³/mol. The number of hydrogen-bond donors (Lipinski definition) is 1. The molecule has 0 unspecified atom stereocenters. The molecule has 0 aliphatic rings. The first-order valence-electron chi connectivity index (χ1n) is 4.71. The van der Waals surface area contributed by atoms with Crippen molar-refractivity contribution in [3.05, 3.63) is 47.2 Å². The van der Waals surface area contributed by atoms with Gasteiger partial charge >= 0.3 is 0 Å². The van der Waals surface area contributed by atoms with E-state index in [4.69, 9.17) is 16.0 Å². The van der Waals surface area contributed by atoms with E-state index in [0.717, 1.165) is 5.56 Å². The lowest BCUT2D eigenvalue weighted by atomic mass is 10.2. The van der Waals surface area contributed by atoms with Gasteiger partial charge in [-0.25, -0.2) is 0 Å². The fourth-order valence-corrected chi connectivity index (χ4v) is 1.61. The van der Waals surface area contributed by atoms with Gasteiger partial charge in [0.05, 0.1) is 5.02 Å². The summed E-state index contributed by atoms with van der Waals surface area (Å²) in [6, 6.07) is 11.0. The van der Waals surface area contributed by atoms with E-state index in [1.54, 1.807) is 13.0 Å². The van der Waals surface area contributed by atoms with Gasteiger partial charge in [-0.05, 0) is 31.2 Å². The number of benzene rings is 1. The van der Waals surface area contributed by atoms with Gasteiger partial charge in [-0.2, -0.15) is 0 Å². The first kappa shape index (κ1) is 10.3. The largest absolute Gasteiger partial charge is 0.458 e. The van der Waals surface area contributed by atoms with Gasteiger partial charge in [-0.1, -0.05) is 23.7 Å². The van der Waals surface area contributed by atoms with Crippen molar-refractivity contribution in [3.8, 4) is 11.3 Å². The number of rotatable bonds is 2. The molecule has 78 valence electrons. The van der Waals surface area contributed by atoms with Crippen LogP contribution in [0.3, 0.4) is 0 Å². The summed E-state index contributed by atoms with van der Waals surface area (Å²) in [6.07, 6.45) is -0.596. The number of hydrogen-bond acceptors (Lipinski definition) is 2. The molecule has 15 heavy (non-hydrogen) atoms. The third-order valence-corrected chi connectivity index (χ3v) is 2.51. The summed E-state index contributed by atoms with van der Waals surface area (Å²) in [5.41, 5.74) is 0.839. The Hall–Kier alpha value is -1.25. The van der Waals surface area contributed by atoms with E-state index in [1.807, 2.05) is 30.3 Å². The highest BCUT2D eigenvalue weighted by atomic mass is 35.5. The Kier molecular flexibility index (Phi) is 2.80. The first-order chi connectivity index (χ1) is 7.18. The maximum absolute atomic E-state index is 9.33. The number of aliphatic hydroxyl groups excluding tert-OH is 1. The van der Waals surface area contributed by atoms with Gasteiger partial charge in [-0.15, -0.1) is 0 Å². The topological polar surface area (TPSA) is 33.4 Å². The Morgan fingerprint density at radius 2 is 1.93 bits per heavy atom. The molecule has 1 atom stereocenters. The van der Waals surface area contributed by atoms with E-state index in [9.17, 15) is 5.11 Å². The molecule has 3 heteroatoms. The Morgan fingerprint density at radius 1 is 1.20 bits per heavy atom. The van der Waals surface area contributed by atoms with E-state index in [0.29, 0.717) is 16.5 Å². The Labute approximate surface area is 93.1 Å². The lowest BCUT2D eigenvalue weighted by Crippen LogP contribution is -1.85. The second-order valence-electron chi connectivity index (χ2n) is 3.36. The predicted octanol–water partition coefficient (Wildman–Crippen LogP) is 3.65. The van der Waals surface area contributed by atoms with Crippen molar-refractivity contribution in [2.45, 2.75) is 13.0 Å². The molecule has 2 rings (SSSR count). The maximum Gasteiger partial charge on any atom is 0.135 e. The summed E-state index contributed by atoms with van der Waals surface area (Å²) in [6.45, 7) is 1.66. The average Bonchev–Trinajstić information content (AvgIpc) is 2.67. The molecule has 2 nitrogen and oxygen atoms in total. The molecular weight excluding hydrogens is 212 g/mol. The lowest BCUT2D eigenvalue weighted by molar-refractivity contribution is 0.170. The summed E-state index contributed by atoms with van der Waals surface area (Å²) in [5.74, 6) is 1.22. The summed E-state index contributed by atoms with van der Waals surface area (Å²) < 4.78 is 5.48. The molecule has 0 radical (unpaired) electrons. The van der Waals surface area contributed by atoms with Crippen molar-refractivity contribution in [1.29, 1.82) is 0 Å². The quantitative estimate of drug-likeness (QED) is 0.842. The smallest absolute Gasteiger partial charge is 0.135 e. The molecule has 0 spiro atoms. The zero-order valence-electron chi connectivity index (χ0n) is 8.27. The minimum Gasteiger partial charge on any atom is -0.458 e. The minimum absolute atomic E-state index is 0.546. The van der Waals surface area contributed by atoms with E-state index < -0.39 is 6.10 Å². The summed E-state index contributed by atoms with van der Waals surface area (Å²) >= 11 is 6.03. The molecule has 0 saturated heterocycles. The highest BCUT2D eigenvalue weighted by molar-refractivity contribution is 6.33.